The Morgan fingerprint density at radius 3 is 2.43 bits per heavy atom. The second-order valence-electron chi connectivity index (χ2n) is 9.10. The van der Waals surface area contributed by atoms with Crippen LogP contribution in [0.1, 0.15) is 37.0 Å². The van der Waals surface area contributed by atoms with E-state index < -0.39 is 17.8 Å². The molecule has 0 unspecified atom stereocenters. The third-order valence-corrected chi connectivity index (χ3v) is 7.65. The molecule has 0 atom stereocenters. The molecule has 8 nitrogen and oxygen atoms in total. The first-order valence-electron chi connectivity index (χ1n) is 12.9. The Hall–Kier alpha value is -3.05. The number of nitrogens with one attached hydrogen (secondary N) is 1. The van der Waals surface area contributed by atoms with E-state index >= 15 is 0 Å². The lowest BCUT2D eigenvalue weighted by Crippen LogP contribution is -2.53. The van der Waals surface area contributed by atoms with E-state index in [-0.39, 0.29) is 18.7 Å². The van der Waals surface area contributed by atoms with Crippen molar-refractivity contribution in [3.63, 3.8) is 0 Å². The molecule has 220 valence electrons. The van der Waals surface area contributed by atoms with Crippen LogP contribution in [0.3, 0.4) is 0 Å². The third kappa shape index (κ3) is 7.66. The zero-order chi connectivity index (χ0) is 30.4. The van der Waals surface area contributed by atoms with E-state index in [1.54, 1.807) is 48.5 Å². The van der Waals surface area contributed by atoms with Crippen molar-refractivity contribution < 1.29 is 28.6 Å². The fourth-order valence-electron chi connectivity index (χ4n) is 4.05. The van der Waals surface area contributed by atoms with Crippen molar-refractivity contribution in [2.75, 3.05) is 13.2 Å². The van der Waals surface area contributed by atoms with Gasteiger partial charge < -0.3 is 14.2 Å². The van der Waals surface area contributed by atoms with Crippen molar-refractivity contribution >= 4 is 79.0 Å². The zero-order valence-electron chi connectivity index (χ0n) is 22.6. The summed E-state index contributed by atoms with van der Waals surface area (Å²) >= 11 is 19.2. The quantitative estimate of drug-likeness (QED) is 0.159. The van der Waals surface area contributed by atoms with Gasteiger partial charge in [0.15, 0.2) is 11.5 Å². The molecule has 42 heavy (non-hydrogen) atoms. The van der Waals surface area contributed by atoms with Crippen LogP contribution in [0.2, 0.25) is 10.0 Å². The van der Waals surface area contributed by atoms with Gasteiger partial charge in [0.25, 0.3) is 11.8 Å². The van der Waals surface area contributed by atoms with Crippen LogP contribution in [0.25, 0.3) is 6.08 Å². The van der Waals surface area contributed by atoms with Gasteiger partial charge in [-0.15, -0.1) is 0 Å². The van der Waals surface area contributed by atoms with Crippen molar-refractivity contribution in [1.29, 1.82) is 0 Å². The fourth-order valence-corrected chi connectivity index (χ4v) is 5.89. The maximum atomic E-state index is 13.5. The van der Waals surface area contributed by atoms with Crippen LogP contribution in [0.4, 0.5) is 4.79 Å². The van der Waals surface area contributed by atoms with Gasteiger partial charge in [0.05, 0.1) is 24.2 Å². The molecule has 0 saturated carbocycles. The molecule has 4 amide bonds. The van der Waals surface area contributed by atoms with E-state index in [1.165, 1.54) is 6.08 Å². The average Bonchev–Trinajstić information content (AvgIpc) is 2.93. The summed E-state index contributed by atoms with van der Waals surface area (Å²) in [5.74, 6) is -0.134. The van der Waals surface area contributed by atoms with Gasteiger partial charge in [-0.3, -0.25) is 19.8 Å². The number of nitrogens with zero attached hydrogens (tertiary/aromatic N) is 1. The summed E-state index contributed by atoms with van der Waals surface area (Å²) in [4.78, 5) is 40.1. The predicted octanol–water partition coefficient (Wildman–Crippen LogP) is 7.95. The van der Waals surface area contributed by atoms with Gasteiger partial charge in [-0.1, -0.05) is 58.2 Å². The van der Waals surface area contributed by atoms with Crippen LogP contribution in [0.5, 0.6) is 17.2 Å². The van der Waals surface area contributed by atoms with Gasteiger partial charge in [-0.05, 0) is 77.3 Å². The van der Waals surface area contributed by atoms with Crippen molar-refractivity contribution in [2.24, 2.45) is 0 Å². The number of amides is 4. The number of halogens is 4. The summed E-state index contributed by atoms with van der Waals surface area (Å²) in [6.45, 7) is 4.78. The second kappa shape index (κ2) is 14.4. The first kappa shape index (κ1) is 31.9. The molecule has 0 spiro atoms. The van der Waals surface area contributed by atoms with Crippen molar-refractivity contribution in [3.8, 4) is 17.2 Å². The lowest BCUT2D eigenvalue weighted by atomic mass is 10.1. The van der Waals surface area contributed by atoms with E-state index in [4.69, 9.17) is 37.4 Å². The molecule has 0 radical (unpaired) electrons. The standard InChI is InChI=1S/C30H26Br2Cl2N2O6/c1-3-9-41-25-8-5-17(10-26(25)40-4-2)15-36-29(38)22(28(37)35-30(36)39)12-19-11-20(31)13-23(32)27(19)42-16-18-6-7-21(33)14-24(18)34/h5-8,10-14H,3-4,9,15-16H2,1-2H3,(H,35,37,39)/b22-12+. The lowest BCUT2D eigenvalue weighted by molar-refractivity contribution is -0.130. The minimum Gasteiger partial charge on any atom is -0.490 e. The summed E-state index contributed by atoms with van der Waals surface area (Å²) < 4.78 is 18.8. The van der Waals surface area contributed by atoms with Crippen LogP contribution < -0.4 is 19.5 Å². The smallest absolute Gasteiger partial charge is 0.331 e. The number of imide groups is 2. The van der Waals surface area contributed by atoms with E-state index in [1.807, 2.05) is 13.8 Å². The molecule has 4 rings (SSSR count). The molecule has 0 aromatic heterocycles. The average molecular weight is 741 g/mol. The van der Waals surface area contributed by atoms with Crippen molar-refractivity contribution in [2.45, 2.75) is 33.4 Å². The summed E-state index contributed by atoms with van der Waals surface area (Å²) in [7, 11) is 0. The molecule has 1 N–H and O–H groups in total. The second-order valence-corrected chi connectivity index (χ2v) is 11.7. The van der Waals surface area contributed by atoms with Gasteiger partial charge in [0.2, 0.25) is 0 Å². The Bertz CT molecular complexity index is 1560. The molecule has 0 bridgehead atoms. The number of urea groups is 1. The monoisotopic (exact) mass is 738 g/mol. The Morgan fingerprint density at radius 2 is 1.71 bits per heavy atom. The van der Waals surface area contributed by atoms with E-state index in [0.29, 0.717) is 66.1 Å². The van der Waals surface area contributed by atoms with E-state index in [0.717, 1.165) is 11.3 Å². The number of carbonyl (C=O) groups excluding carboxylic acids is 3. The molecule has 3 aromatic carbocycles. The first-order chi connectivity index (χ1) is 20.1. The molecule has 12 heteroatoms. The first-order valence-corrected chi connectivity index (χ1v) is 15.3. The Labute approximate surface area is 270 Å². The highest BCUT2D eigenvalue weighted by Crippen LogP contribution is 2.36. The number of barbiturate groups is 1. The molecule has 1 saturated heterocycles. The molecule has 1 aliphatic heterocycles. The molecule has 1 aliphatic rings. The third-order valence-electron chi connectivity index (χ3n) is 6.02. The summed E-state index contributed by atoms with van der Waals surface area (Å²) in [6, 6.07) is 12.9. The van der Waals surface area contributed by atoms with Gasteiger partial charge in [-0.2, -0.15) is 0 Å². The summed E-state index contributed by atoms with van der Waals surface area (Å²) in [6.07, 6.45) is 2.22. The summed E-state index contributed by atoms with van der Waals surface area (Å²) in [5.41, 5.74) is 1.50. The molecule has 0 aliphatic carbocycles. The zero-order valence-corrected chi connectivity index (χ0v) is 27.3. The SMILES string of the molecule is CCCOc1ccc(CN2C(=O)NC(=O)/C(=C\c3cc(Br)cc(Br)c3OCc3ccc(Cl)cc3Cl)C2=O)cc1OCC. The normalized spacial score (nSPS) is 14.3. The minimum absolute atomic E-state index is 0.0932. The minimum atomic E-state index is -0.823. The maximum absolute atomic E-state index is 13.5. The van der Waals surface area contributed by atoms with Gasteiger partial charge in [0.1, 0.15) is 17.9 Å². The Morgan fingerprint density at radius 1 is 0.929 bits per heavy atom. The van der Waals surface area contributed by atoms with Crippen LogP contribution in [0.15, 0.2) is 63.0 Å². The Balaban J connectivity index is 1.63. The molecule has 1 fully saturated rings. The van der Waals surface area contributed by atoms with Crippen molar-refractivity contribution in [1.82, 2.24) is 10.2 Å². The number of carbonyl (C=O) groups is 3. The van der Waals surface area contributed by atoms with E-state index in [9.17, 15) is 14.4 Å². The van der Waals surface area contributed by atoms with E-state index in [2.05, 4.69) is 37.2 Å². The van der Waals surface area contributed by atoms with Gasteiger partial charge in [-0.25, -0.2) is 4.79 Å². The number of ether oxygens (including phenoxy) is 3. The largest absolute Gasteiger partial charge is 0.490 e. The van der Waals surface area contributed by atoms with Gasteiger partial charge in [0, 0.05) is 25.6 Å². The lowest BCUT2D eigenvalue weighted by Gasteiger charge is -2.27. The number of rotatable bonds is 11. The number of benzene rings is 3. The molecular weight excluding hydrogens is 715 g/mol. The predicted molar refractivity (Wildman–Crippen MR) is 168 cm³/mol. The highest BCUT2D eigenvalue weighted by atomic mass is 79.9. The fraction of sp³-hybridized carbons (Fsp3) is 0.233. The number of hydrogen-bond donors (Lipinski definition) is 1. The molecular formula is C30H26Br2Cl2N2O6. The van der Waals surface area contributed by atoms with Crippen LogP contribution in [-0.4, -0.2) is 36.0 Å². The highest BCUT2D eigenvalue weighted by molar-refractivity contribution is 9.11. The number of hydrogen-bond acceptors (Lipinski definition) is 6. The topological polar surface area (TPSA) is 94.2 Å². The highest BCUT2D eigenvalue weighted by Gasteiger charge is 2.36. The van der Waals surface area contributed by atoms with Crippen LogP contribution in [-0.2, 0) is 22.7 Å². The molecule has 3 aromatic rings. The van der Waals surface area contributed by atoms with Crippen LogP contribution >= 0.6 is 55.1 Å². The maximum Gasteiger partial charge on any atom is 0.331 e. The van der Waals surface area contributed by atoms with Gasteiger partial charge >= 0.3 is 6.03 Å². The Kier molecular flexibility index (Phi) is 10.9. The molecule has 1 heterocycles. The van der Waals surface area contributed by atoms with Crippen LogP contribution in [0, 0.1) is 0 Å². The van der Waals surface area contributed by atoms with Crippen molar-refractivity contribution in [3.05, 3.63) is 89.8 Å². The summed E-state index contributed by atoms with van der Waals surface area (Å²) in [5, 5.41) is 3.19.